The zero-order valence-electron chi connectivity index (χ0n) is 8.63. The minimum absolute atomic E-state index is 0. The first-order valence-electron chi connectivity index (χ1n) is 4.69. The fraction of sp³-hybridized carbons (Fsp3) is 0. The SMILES string of the molecule is O=S(=O)([O-])c1ccc(-c2ccccc2)cc1.[Ag+]. The monoisotopic (exact) mass is 340 g/mol. The van der Waals surface area contributed by atoms with Crippen LogP contribution in [0.5, 0.6) is 0 Å². The molecule has 17 heavy (non-hydrogen) atoms. The molecule has 0 N–H and O–H groups in total. The van der Waals surface area contributed by atoms with E-state index in [2.05, 4.69) is 0 Å². The molecule has 0 saturated carbocycles. The van der Waals surface area contributed by atoms with Crippen molar-refractivity contribution in [3.63, 3.8) is 0 Å². The maximum Gasteiger partial charge on any atom is 1.00 e. The van der Waals surface area contributed by atoms with Crippen LogP contribution in [0, 0.1) is 0 Å². The van der Waals surface area contributed by atoms with E-state index in [1.807, 2.05) is 30.3 Å². The summed E-state index contributed by atoms with van der Waals surface area (Å²) in [6.07, 6.45) is 0. The zero-order chi connectivity index (χ0) is 11.6. The van der Waals surface area contributed by atoms with Gasteiger partial charge in [-0.1, -0.05) is 42.5 Å². The third-order valence-electron chi connectivity index (χ3n) is 2.25. The molecule has 5 heteroatoms. The van der Waals surface area contributed by atoms with Gasteiger partial charge in [0.25, 0.3) is 0 Å². The van der Waals surface area contributed by atoms with Gasteiger partial charge in [0.05, 0.1) is 4.90 Å². The van der Waals surface area contributed by atoms with E-state index >= 15 is 0 Å². The van der Waals surface area contributed by atoms with Gasteiger partial charge in [-0.25, -0.2) is 8.42 Å². The largest absolute Gasteiger partial charge is 1.00 e. The van der Waals surface area contributed by atoms with Gasteiger partial charge in [0.1, 0.15) is 10.1 Å². The van der Waals surface area contributed by atoms with Crippen LogP contribution in [0.15, 0.2) is 59.5 Å². The summed E-state index contributed by atoms with van der Waals surface area (Å²) in [7, 11) is -4.35. The topological polar surface area (TPSA) is 57.2 Å². The van der Waals surface area contributed by atoms with Crippen molar-refractivity contribution in [3.05, 3.63) is 54.6 Å². The van der Waals surface area contributed by atoms with E-state index in [-0.39, 0.29) is 27.3 Å². The summed E-state index contributed by atoms with van der Waals surface area (Å²) in [4.78, 5) is -0.202. The van der Waals surface area contributed by atoms with E-state index in [1.165, 1.54) is 12.1 Å². The first-order chi connectivity index (χ1) is 7.57. The Hall–Kier alpha value is -0.910. The van der Waals surface area contributed by atoms with Crippen LogP contribution in [0.4, 0.5) is 0 Å². The number of benzene rings is 2. The normalized spacial score (nSPS) is 10.6. The Labute approximate surface area is 116 Å². The third kappa shape index (κ3) is 3.52. The molecule has 0 atom stereocenters. The minimum Gasteiger partial charge on any atom is -0.744 e. The van der Waals surface area contributed by atoms with Crippen molar-refractivity contribution in [3.8, 4) is 11.1 Å². The molecule has 0 aliphatic rings. The van der Waals surface area contributed by atoms with E-state index in [1.54, 1.807) is 12.1 Å². The van der Waals surface area contributed by atoms with Gasteiger partial charge in [-0.3, -0.25) is 0 Å². The Balaban J connectivity index is 0.00000144. The molecule has 0 aliphatic carbocycles. The van der Waals surface area contributed by atoms with E-state index < -0.39 is 10.1 Å². The fourth-order valence-corrected chi connectivity index (χ4v) is 1.91. The van der Waals surface area contributed by atoms with Crippen molar-refractivity contribution in [1.82, 2.24) is 0 Å². The summed E-state index contributed by atoms with van der Waals surface area (Å²) >= 11 is 0. The van der Waals surface area contributed by atoms with Gasteiger partial charge in [-0.2, -0.15) is 0 Å². The Kier molecular flexibility index (Phi) is 4.68. The molecule has 0 bridgehead atoms. The Morgan fingerprint density at radius 2 is 1.24 bits per heavy atom. The maximum atomic E-state index is 10.7. The summed E-state index contributed by atoms with van der Waals surface area (Å²) in [5, 5.41) is 0. The van der Waals surface area contributed by atoms with Crippen molar-refractivity contribution in [2.24, 2.45) is 0 Å². The minimum atomic E-state index is -4.35. The molecule has 2 aromatic rings. The van der Waals surface area contributed by atoms with Crippen molar-refractivity contribution < 1.29 is 35.4 Å². The van der Waals surface area contributed by atoms with Crippen LogP contribution in [0.2, 0.25) is 0 Å². The summed E-state index contributed by atoms with van der Waals surface area (Å²) in [5.74, 6) is 0. The molecule has 0 radical (unpaired) electrons. The molecular formula is C12H9AgO3S. The van der Waals surface area contributed by atoms with Gasteiger partial charge in [0.15, 0.2) is 0 Å². The smallest absolute Gasteiger partial charge is 0.744 e. The Morgan fingerprint density at radius 3 is 1.71 bits per heavy atom. The molecule has 0 amide bonds. The maximum absolute atomic E-state index is 10.7. The molecule has 0 spiro atoms. The standard InChI is InChI=1S/C12H10O3S.Ag/c13-16(14,15)12-8-6-11(7-9-12)10-4-2-1-3-5-10;/h1-9H,(H,13,14,15);/q;+1/p-1. The first kappa shape index (κ1) is 14.2. The molecule has 0 saturated heterocycles. The summed E-state index contributed by atoms with van der Waals surface area (Å²) < 4.78 is 32.2. The quantitative estimate of drug-likeness (QED) is 0.622. The molecule has 2 rings (SSSR count). The van der Waals surface area contributed by atoms with Gasteiger partial charge in [-0.05, 0) is 23.3 Å². The molecule has 0 heterocycles. The van der Waals surface area contributed by atoms with E-state index in [9.17, 15) is 13.0 Å². The molecule has 0 fully saturated rings. The van der Waals surface area contributed by atoms with E-state index in [0.29, 0.717) is 0 Å². The molecule has 0 aromatic heterocycles. The fourth-order valence-electron chi connectivity index (χ4n) is 1.44. The van der Waals surface area contributed by atoms with Crippen molar-refractivity contribution in [2.75, 3.05) is 0 Å². The van der Waals surface area contributed by atoms with Gasteiger partial charge in [0.2, 0.25) is 0 Å². The second kappa shape index (κ2) is 5.62. The van der Waals surface area contributed by atoms with Crippen LogP contribution < -0.4 is 0 Å². The van der Waals surface area contributed by atoms with E-state index in [0.717, 1.165) is 11.1 Å². The Bertz CT molecular complexity index is 577. The predicted molar refractivity (Wildman–Crippen MR) is 59.8 cm³/mol. The molecular weight excluding hydrogens is 332 g/mol. The van der Waals surface area contributed by atoms with Crippen molar-refractivity contribution in [1.29, 1.82) is 0 Å². The van der Waals surface area contributed by atoms with Crippen LogP contribution in [0.25, 0.3) is 11.1 Å². The average Bonchev–Trinajstić information content (AvgIpc) is 2.29. The second-order valence-corrected chi connectivity index (χ2v) is 4.72. The van der Waals surface area contributed by atoms with Gasteiger partial charge in [-0.15, -0.1) is 0 Å². The summed E-state index contributed by atoms with van der Waals surface area (Å²) in [6.45, 7) is 0. The van der Waals surface area contributed by atoms with Gasteiger partial charge in [0, 0.05) is 0 Å². The number of hydrogen-bond acceptors (Lipinski definition) is 3. The van der Waals surface area contributed by atoms with Crippen LogP contribution in [0.3, 0.4) is 0 Å². The van der Waals surface area contributed by atoms with Crippen molar-refractivity contribution >= 4 is 10.1 Å². The van der Waals surface area contributed by atoms with Gasteiger partial charge < -0.3 is 4.55 Å². The average molecular weight is 341 g/mol. The molecule has 3 nitrogen and oxygen atoms in total. The van der Waals surface area contributed by atoms with Gasteiger partial charge >= 0.3 is 22.4 Å². The third-order valence-corrected chi connectivity index (χ3v) is 3.10. The van der Waals surface area contributed by atoms with Crippen LogP contribution in [0.1, 0.15) is 0 Å². The van der Waals surface area contributed by atoms with Crippen LogP contribution in [-0.2, 0) is 32.5 Å². The molecule has 92 valence electrons. The number of rotatable bonds is 2. The van der Waals surface area contributed by atoms with Crippen LogP contribution >= 0.6 is 0 Å². The zero-order valence-corrected chi connectivity index (χ0v) is 10.9. The van der Waals surface area contributed by atoms with Crippen molar-refractivity contribution in [2.45, 2.75) is 4.90 Å². The first-order valence-corrected chi connectivity index (χ1v) is 6.09. The van der Waals surface area contributed by atoms with Crippen LogP contribution in [-0.4, -0.2) is 13.0 Å². The van der Waals surface area contributed by atoms with E-state index in [4.69, 9.17) is 0 Å². The second-order valence-electron chi connectivity index (χ2n) is 3.34. The Morgan fingerprint density at radius 1 is 0.765 bits per heavy atom. The summed E-state index contributed by atoms with van der Waals surface area (Å²) in [5.41, 5.74) is 1.87. The predicted octanol–water partition coefficient (Wildman–Crippen LogP) is 2.26. The molecule has 0 unspecified atom stereocenters. The summed E-state index contributed by atoms with van der Waals surface area (Å²) in [6, 6.07) is 15.4. The molecule has 0 aliphatic heterocycles. The number of hydrogen-bond donors (Lipinski definition) is 0. The molecule has 2 aromatic carbocycles.